The van der Waals surface area contributed by atoms with Crippen LogP contribution in [0.15, 0.2) is 21.6 Å². The maximum absolute atomic E-state index is 4.50. The third-order valence-electron chi connectivity index (χ3n) is 0.576. The van der Waals surface area contributed by atoms with Crippen molar-refractivity contribution in [3.63, 3.8) is 0 Å². The summed E-state index contributed by atoms with van der Waals surface area (Å²) in [6.07, 6.45) is 3.26. The minimum absolute atomic E-state index is 0.742. The van der Waals surface area contributed by atoms with Crippen LogP contribution in [0.2, 0.25) is 0 Å². The SMILES string of the molecule is Brc1cncc(Br)n1.CN. The largest absolute Gasteiger partial charge is 0.333 e. The van der Waals surface area contributed by atoms with Gasteiger partial charge in [0.2, 0.25) is 0 Å². The van der Waals surface area contributed by atoms with E-state index >= 15 is 0 Å². The van der Waals surface area contributed by atoms with Crippen molar-refractivity contribution in [2.45, 2.75) is 0 Å². The zero-order valence-corrected chi connectivity index (χ0v) is 8.55. The zero-order valence-electron chi connectivity index (χ0n) is 5.38. The number of nitrogens with two attached hydrogens (primary N) is 1. The molecule has 0 saturated carbocycles. The predicted octanol–water partition coefficient (Wildman–Crippen LogP) is 1.58. The second kappa shape index (κ2) is 5.76. The summed E-state index contributed by atoms with van der Waals surface area (Å²) in [5, 5.41) is 0. The molecule has 1 heterocycles. The third kappa shape index (κ3) is 3.92. The van der Waals surface area contributed by atoms with Crippen molar-refractivity contribution in [2.75, 3.05) is 7.05 Å². The summed E-state index contributed by atoms with van der Waals surface area (Å²) in [6, 6.07) is 0. The topological polar surface area (TPSA) is 51.8 Å². The van der Waals surface area contributed by atoms with E-state index in [-0.39, 0.29) is 0 Å². The molecule has 5 heteroatoms. The minimum Gasteiger partial charge on any atom is -0.333 e. The molecule has 0 aliphatic rings. The minimum atomic E-state index is 0.742. The first-order valence-electron chi connectivity index (χ1n) is 2.50. The highest BCUT2D eigenvalue weighted by atomic mass is 79.9. The van der Waals surface area contributed by atoms with Crippen LogP contribution in [0.4, 0.5) is 0 Å². The van der Waals surface area contributed by atoms with E-state index in [1.54, 1.807) is 12.4 Å². The number of hydrogen-bond donors (Lipinski definition) is 1. The summed E-state index contributed by atoms with van der Waals surface area (Å²) >= 11 is 6.32. The molecule has 1 rings (SSSR count). The van der Waals surface area contributed by atoms with Crippen molar-refractivity contribution < 1.29 is 0 Å². The first-order valence-corrected chi connectivity index (χ1v) is 4.08. The molecule has 2 N–H and O–H groups in total. The van der Waals surface area contributed by atoms with E-state index in [9.17, 15) is 0 Å². The first kappa shape index (κ1) is 10.0. The van der Waals surface area contributed by atoms with Crippen molar-refractivity contribution in [3.8, 4) is 0 Å². The first-order chi connectivity index (χ1) is 4.79. The molecule has 1 aromatic heterocycles. The lowest BCUT2D eigenvalue weighted by atomic mass is 10.8. The molecule has 0 fully saturated rings. The van der Waals surface area contributed by atoms with Gasteiger partial charge in [0, 0.05) is 0 Å². The van der Waals surface area contributed by atoms with Crippen LogP contribution in [0.1, 0.15) is 0 Å². The number of rotatable bonds is 0. The van der Waals surface area contributed by atoms with Crippen LogP contribution in [0, 0.1) is 0 Å². The van der Waals surface area contributed by atoms with Gasteiger partial charge in [-0.1, -0.05) is 0 Å². The molecule has 0 radical (unpaired) electrons. The fraction of sp³-hybridized carbons (Fsp3) is 0.200. The number of hydrogen-bond acceptors (Lipinski definition) is 3. The van der Waals surface area contributed by atoms with Gasteiger partial charge in [-0.25, -0.2) is 4.98 Å². The molecule has 1 aromatic rings. The Hall–Kier alpha value is -0.0000000000000000763. The molecule has 0 unspecified atom stereocenters. The summed E-state index contributed by atoms with van der Waals surface area (Å²) in [6.45, 7) is 0. The van der Waals surface area contributed by atoms with Gasteiger partial charge >= 0.3 is 0 Å². The Morgan fingerprint density at radius 2 is 1.60 bits per heavy atom. The van der Waals surface area contributed by atoms with Crippen molar-refractivity contribution in [3.05, 3.63) is 21.6 Å². The van der Waals surface area contributed by atoms with Crippen molar-refractivity contribution in [1.82, 2.24) is 9.97 Å². The molecule has 0 bridgehead atoms. The lowest BCUT2D eigenvalue weighted by Gasteiger charge is -1.86. The van der Waals surface area contributed by atoms with Gasteiger partial charge in [-0.15, -0.1) is 0 Å². The van der Waals surface area contributed by atoms with Gasteiger partial charge in [-0.3, -0.25) is 4.98 Å². The molecule has 3 nitrogen and oxygen atoms in total. The van der Waals surface area contributed by atoms with Crippen molar-refractivity contribution in [2.24, 2.45) is 5.73 Å². The van der Waals surface area contributed by atoms with Gasteiger partial charge in [0.15, 0.2) is 0 Å². The molecular formula is C5H7Br2N3. The summed E-state index contributed by atoms with van der Waals surface area (Å²) in [5.41, 5.74) is 4.50. The van der Waals surface area contributed by atoms with Crippen LogP contribution >= 0.6 is 31.9 Å². The van der Waals surface area contributed by atoms with E-state index in [2.05, 4.69) is 47.6 Å². The summed E-state index contributed by atoms with van der Waals surface area (Å²) in [4.78, 5) is 7.77. The van der Waals surface area contributed by atoms with Crippen LogP contribution in [0.3, 0.4) is 0 Å². The van der Waals surface area contributed by atoms with Gasteiger partial charge in [0.05, 0.1) is 12.4 Å². The second-order valence-corrected chi connectivity index (χ2v) is 2.79. The predicted molar refractivity (Wildman–Crippen MR) is 47.5 cm³/mol. The fourth-order valence-electron chi connectivity index (χ4n) is 0.320. The second-order valence-electron chi connectivity index (χ2n) is 1.16. The van der Waals surface area contributed by atoms with Crippen LogP contribution in [0.5, 0.6) is 0 Å². The van der Waals surface area contributed by atoms with E-state index in [0.717, 1.165) is 9.21 Å². The van der Waals surface area contributed by atoms with Gasteiger partial charge in [0.25, 0.3) is 0 Å². The van der Waals surface area contributed by atoms with Gasteiger partial charge in [0.1, 0.15) is 9.21 Å². The Labute approximate surface area is 76.3 Å². The van der Waals surface area contributed by atoms with Gasteiger partial charge in [-0.2, -0.15) is 0 Å². The van der Waals surface area contributed by atoms with Gasteiger partial charge in [-0.05, 0) is 38.9 Å². The number of nitrogens with zero attached hydrogens (tertiary/aromatic N) is 2. The molecule has 0 aromatic carbocycles. The molecule has 0 amide bonds. The quantitative estimate of drug-likeness (QED) is 0.777. The van der Waals surface area contributed by atoms with Crippen molar-refractivity contribution >= 4 is 31.9 Å². The number of aromatic nitrogens is 2. The number of halogens is 2. The lowest BCUT2D eigenvalue weighted by Crippen LogP contribution is -1.77. The highest BCUT2D eigenvalue weighted by Gasteiger charge is 1.87. The standard InChI is InChI=1S/C4H2Br2N2.CH5N/c5-3-1-7-2-4(6)8-3;1-2/h1-2H;2H2,1H3. The normalized spacial score (nSPS) is 8.00. The van der Waals surface area contributed by atoms with E-state index in [1.807, 2.05) is 0 Å². The molecule has 0 aliphatic carbocycles. The van der Waals surface area contributed by atoms with Crippen LogP contribution in [-0.2, 0) is 0 Å². The van der Waals surface area contributed by atoms with E-state index in [0.29, 0.717) is 0 Å². The Morgan fingerprint density at radius 1 is 1.20 bits per heavy atom. The molecule has 10 heavy (non-hydrogen) atoms. The maximum Gasteiger partial charge on any atom is 0.125 e. The Balaban J connectivity index is 0.000000371. The molecule has 0 atom stereocenters. The molecule has 0 aliphatic heterocycles. The highest BCUT2D eigenvalue weighted by molar-refractivity contribution is 9.11. The Morgan fingerprint density at radius 3 is 1.80 bits per heavy atom. The highest BCUT2D eigenvalue weighted by Crippen LogP contribution is 2.07. The average Bonchev–Trinajstić information content (AvgIpc) is 1.91. The molecular weight excluding hydrogens is 262 g/mol. The molecule has 0 saturated heterocycles. The lowest BCUT2D eigenvalue weighted by molar-refractivity contribution is 1.13. The molecule has 0 spiro atoms. The van der Waals surface area contributed by atoms with Crippen LogP contribution < -0.4 is 5.73 Å². The fourth-order valence-corrected chi connectivity index (χ4v) is 1.18. The zero-order chi connectivity index (χ0) is 7.98. The monoisotopic (exact) mass is 267 g/mol. The summed E-state index contributed by atoms with van der Waals surface area (Å²) < 4.78 is 1.48. The van der Waals surface area contributed by atoms with Gasteiger partial charge < -0.3 is 5.73 Å². The average molecular weight is 269 g/mol. The van der Waals surface area contributed by atoms with Crippen LogP contribution in [-0.4, -0.2) is 17.0 Å². The van der Waals surface area contributed by atoms with E-state index in [1.165, 1.54) is 7.05 Å². The third-order valence-corrected chi connectivity index (χ3v) is 1.34. The van der Waals surface area contributed by atoms with E-state index in [4.69, 9.17) is 0 Å². The summed E-state index contributed by atoms with van der Waals surface area (Å²) in [5.74, 6) is 0. The van der Waals surface area contributed by atoms with E-state index < -0.39 is 0 Å². The van der Waals surface area contributed by atoms with Crippen molar-refractivity contribution in [1.29, 1.82) is 0 Å². The Kier molecular flexibility index (Phi) is 5.76. The Bertz CT molecular complexity index is 175. The summed E-state index contributed by atoms with van der Waals surface area (Å²) in [7, 11) is 1.50. The maximum atomic E-state index is 4.50. The molecule has 56 valence electrons. The van der Waals surface area contributed by atoms with Crippen LogP contribution in [0.25, 0.3) is 0 Å². The smallest absolute Gasteiger partial charge is 0.125 e.